The predicted molar refractivity (Wildman–Crippen MR) is 160 cm³/mol. The van der Waals surface area contributed by atoms with Crippen molar-refractivity contribution >= 4 is 55.2 Å². The molecular formula is C29H28N6O3S2. The number of nitrogens with two attached hydrogens (primary N) is 2. The topological polar surface area (TPSA) is 136 Å². The van der Waals surface area contributed by atoms with Crippen LogP contribution in [0.25, 0.3) is 21.5 Å². The average Bonchev–Trinajstić information content (AvgIpc) is 3.59. The van der Waals surface area contributed by atoms with Crippen molar-refractivity contribution in [1.29, 1.82) is 0 Å². The lowest BCUT2D eigenvalue weighted by Crippen LogP contribution is -2.43. The molecule has 0 bridgehead atoms. The number of piperidine rings is 1. The van der Waals surface area contributed by atoms with Crippen molar-refractivity contribution in [3.05, 3.63) is 90.1 Å². The average molecular weight is 573 g/mol. The first-order chi connectivity index (χ1) is 19.3. The second-order valence-corrected chi connectivity index (χ2v) is 12.5. The third-order valence-corrected chi connectivity index (χ3v) is 9.58. The van der Waals surface area contributed by atoms with E-state index in [1.807, 2.05) is 24.3 Å². The minimum absolute atomic E-state index is 0.0730. The summed E-state index contributed by atoms with van der Waals surface area (Å²) in [6, 6.07) is 21.1. The van der Waals surface area contributed by atoms with Gasteiger partial charge in [-0.25, -0.2) is 17.4 Å². The molecule has 1 aliphatic rings. The van der Waals surface area contributed by atoms with Crippen LogP contribution in [0.1, 0.15) is 23.3 Å². The molecule has 11 heteroatoms. The molecule has 5 aromatic rings. The van der Waals surface area contributed by atoms with Gasteiger partial charge in [-0.05, 0) is 49.2 Å². The highest BCUT2D eigenvalue weighted by Gasteiger charge is 2.24. The van der Waals surface area contributed by atoms with Gasteiger partial charge in [0.2, 0.25) is 0 Å². The fourth-order valence-corrected chi connectivity index (χ4v) is 7.29. The molecular weight excluding hydrogens is 544 g/mol. The van der Waals surface area contributed by atoms with Gasteiger partial charge in [-0.15, -0.1) is 11.3 Å². The van der Waals surface area contributed by atoms with E-state index in [2.05, 4.69) is 15.2 Å². The number of benzene rings is 3. The van der Waals surface area contributed by atoms with Gasteiger partial charge >= 0.3 is 0 Å². The number of para-hydroxylation sites is 1. The second-order valence-electron chi connectivity index (χ2n) is 9.79. The van der Waals surface area contributed by atoms with Crippen molar-refractivity contribution < 1.29 is 13.2 Å². The Morgan fingerprint density at radius 3 is 2.62 bits per heavy atom. The van der Waals surface area contributed by atoms with Crippen molar-refractivity contribution in [3.63, 3.8) is 0 Å². The molecule has 9 nitrogen and oxygen atoms in total. The predicted octanol–water partition coefficient (Wildman–Crippen LogP) is 4.76. The zero-order chi connectivity index (χ0) is 27.9. The SMILES string of the molecule is Nc1ccc(N2CCCC(N)C2)c(NC(=O)c2csc(-c3cn(S(=O)(=O)c4ccccc4)c4ccccc34)n2)c1. The lowest BCUT2D eigenvalue weighted by molar-refractivity contribution is 0.102. The summed E-state index contributed by atoms with van der Waals surface area (Å²) >= 11 is 1.28. The normalized spacial score (nSPS) is 15.8. The third kappa shape index (κ3) is 4.83. The summed E-state index contributed by atoms with van der Waals surface area (Å²) in [6.45, 7) is 1.54. The number of hydrogen-bond acceptors (Lipinski definition) is 8. The number of thiazole rings is 1. The lowest BCUT2D eigenvalue weighted by atomic mass is 10.1. The Hall–Kier alpha value is -4.19. The molecule has 1 saturated heterocycles. The van der Waals surface area contributed by atoms with E-state index < -0.39 is 10.0 Å². The van der Waals surface area contributed by atoms with Crippen LogP contribution in [0.15, 0.2) is 89.3 Å². The fraction of sp³-hybridized carbons (Fsp3) is 0.172. The van der Waals surface area contributed by atoms with Crippen LogP contribution in [0.4, 0.5) is 17.1 Å². The number of amides is 1. The maximum atomic E-state index is 13.5. The summed E-state index contributed by atoms with van der Waals surface area (Å²) in [5.41, 5.74) is 15.6. The molecule has 40 heavy (non-hydrogen) atoms. The number of hydrogen-bond donors (Lipinski definition) is 3. The summed E-state index contributed by atoms with van der Waals surface area (Å²) in [4.78, 5) is 20.3. The molecule has 0 aliphatic carbocycles. The largest absolute Gasteiger partial charge is 0.399 e. The van der Waals surface area contributed by atoms with Gasteiger partial charge in [0.05, 0.1) is 21.8 Å². The van der Waals surface area contributed by atoms with Crippen LogP contribution in [-0.4, -0.2) is 42.4 Å². The molecule has 1 unspecified atom stereocenters. The second kappa shape index (κ2) is 10.4. The molecule has 204 valence electrons. The first-order valence-electron chi connectivity index (χ1n) is 12.9. The summed E-state index contributed by atoms with van der Waals surface area (Å²) < 4.78 is 28.2. The zero-order valence-electron chi connectivity index (χ0n) is 21.5. The van der Waals surface area contributed by atoms with Gasteiger partial charge in [-0.2, -0.15) is 0 Å². The van der Waals surface area contributed by atoms with Crippen LogP contribution in [0.5, 0.6) is 0 Å². The molecule has 1 atom stereocenters. The maximum absolute atomic E-state index is 13.5. The van der Waals surface area contributed by atoms with E-state index in [-0.39, 0.29) is 22.5 Å². The Labute approximate surface area is 236 Å². The molecule has 0 saturated carbocycles. The minimum Gasteiger partial charge on any atom is -0.399 e. The van der Waals surface area contributed by atoms with E-state index >= 15 is 0 Å². The van der Waals surface area contributed by atoms with Gasteiger partial charge < -0.3 is 21.7 Å². The standard InChI is InChI=1S/C29H28N6O3S2/c30-19-12-13-27(34-14-6-7-20(31)16-34)24(15-19)32-28(36)25-18-39-29(33-25)23-17-35(26-11-5-4-10-22(23)26)40(37,38)21-8-2-1-3-9-21/h1-5,8-13,15,17-18,20H,6-7,14,16,30-31H2,(H,32,36). The maximum Gasteiger partial charge on any atom is 0.275 e. The van der Waals surface area contributed by atoms with Gasteiger partial charge in [0.25, 0.3) is 15.9 Å². The van der Waals surface area contributed by atoms with Crippen LogP contribution >= 0.6 is 11.3 Å². The summed E-state index contributed by atoms with van der Waals surface area (Å²) in [5, 5.41) is 5.91. The number of nitrogen functional groups attached to an aromatic ring is 1. The molecule has 1 fully saturated rings. The van der Waals surface area contributed by atoms with Crippen molar-refractivity contribution in [2.24, 2.45) is 5.73 Å². The molecule has 3 aromatic carbocycles. The van der Waals surface area contributed by atoms with E-state index in [1.165, 1.54) is 15.3 Å². The molecule has 1 amide bonds. The number of fused-ring (bicyclic) bond motifs is 1. The minimum atomic E-state index is -3.84. The van der Waals surface area contributed by atoms with Crippen LogP contribution in [0, 0.1) is 0 Å². The smallest absolute Gasteiger partial charge is 0.275 e. The van der Waals surface area contributed by atoms with E-state index in [0.29, 0.717) is 34.0 Å². The quantitative estimate of drug-likeness (QED) is 0.250. The molecule has 6 rings (SSSR count). The van der Waals surface area contributed by atoms with Gasteiger partial charge in [-0.3, -0.25) is 4.79 Å². The Morgan fingerprint density at radius 1 is 1.05 bits per heavy atom. The van der Waals surface area contributed by atoms with Crippen molar-refractivity contribution in [2.75, 3.05) is 29.0 Å². The molecule has 0 radical (unpaired) electrons. The Morgan fingerprint density at radius 2 is 1.82 bits per heavy atom. The van der Waals surface area contributed by atoms with Crippen molar-refractivity contribution in [2.45, 2.75) is 23.8 Å². The Balaban J connectivity index is 1.33. The molecule has 5 N–H and O–H groups in total. The van der Waals surface area contributed by atoms with E-state index in [1.54, 1.807) is 60.1 Å². The molecule has 2 aromatic heterocycles. The van der Waals surface area contributed by atoms with Gasteiger partial charge in [-0.1, -0.05) is 36.4 Å². The van der Waals surface area contributed by atoms with Crippen LogP contribution in [0.3, 0.4) is 0 Å². The highest BCUT2D eigenvalue weighted by atomic mass is 32.2. The number of carbonyl (C=O) groups is 1. The highest BCUT2D eigenvalue weighted by Crippen LogP contribution is 2.35. The Bertz CT molecular complexity index is 1810. The first kappa shape index (κ1) is 26.1. The zero-order valence-corrected chi connectivity index (χ0v) is 23.2. The number of nitrogens with one attached hydrogen (secondary N) is 1. The molecule has 1 aliphatic heterocycles. The number of carbonyl (C=O) groups excluding carboxylic acids is 1. The van der Waals surface area contributed by atoms with Crippen molar-refractivity contribution in [3.8, 4) is 10.6 Å². The van der Waals surface area contributed by atoms with Crippen molar-refractivity contribution in [1.82, 2.24) is 8.96 Å². The molecule has 3 heterocycles. The number of aromatic nitrogens is 2. The summed E-state index contributed by atoms with van der Waals surface area (Å²) in [5.74, 6) is -0.378. The van der Waals surface area contributed by atoms with Crippen LogP contribution in [0.2, 0.25) is 0 Å². The fourth-order valence-electron chi connectivity index (χ4n) is 5.07. The van der Waals surface area contributed by atoms with Gasteiger partial charge in [0, 0.05) is 47.3 Å². The van der Waals surface area contributed by atoms with E-state index in [9.17, 15) is 13.2 Å². The third-order valence-electron chi connectivity index (χ3n) is 7.01. The first-order valence-corrected chi connectivity index (χ1v) is 15.2. The van der Waals surface area contributed by atoms with E-state index in [4.69, 9.17) is 11.5 Å². The van der Waals surface area contributed by atoms with Crippen LogP contribution < -0.4 is 21.7 Å². The van der Waals surface area contributed by atoms with E-state index in [0.717, 1.165) is 30.5 Å². The van der Waals surface area contributed by atoms with Gasteiger partial charge in [0.1, 0.15) is 10.7 Å². The number of anilines is 3. The summed E-state index contributed by atoms with van der Waals surface area (Å²) in [6.07, 6.45) is 3.52. The monoisotopic (exact) mass is 572 g/mol. The van der Waals surface area contributed by atoms with Gasteiger partial charge in [0.15, 0.2) is 0 Å². The van der Waals surface area contributed by atoms with Crippen LogP contribution in [-0.2, 0) is 10.0 Å². The molecule has 0 spiro atoms. The number of nitrogens with zero attached hydrogens (tertiary/aromatic N) is 3. The lowest BCUT2D eigenvalue weighted by Gasteiger charge is -2.34. The Kier molecular flexibility index (Phi) is 6.78. The number of rotatable bonds is 6. The summed E-state index contributed by atoms with van der Waals surface area (Å²) in [7, 11) is -3.84. The highest BCUT2D eigenvalue weighted by molar-refractivity contribution is 7.90.